The van der Waals surface area contributed by atoms with Gasteiger partial charge in [-0.15, -0.1) is 24.0 Å². The second-order valence-electron chi connectivity index (χ2n) is 5.81. The van der Waals surface area contributed by atoms with Gasteiger partial charge in [-0.05, 0) is 43.9 Å². The Morgan fingerprint density at radius 2 is 2.00 bits per heavy atom. The number of ether oxygens (including phenoxy) is 1. The summed E-state index contributed by atoms with van der Waals surface area (Å²) in [5, 5.41) is 3.07. The zero-order valence-electron chi connectivity index (χ0n) is 14.3. The first kappa shape index (κ1) is 21.7. The molecule has 6 heteroatoms. The maximum Gasteiger partial charge on any atom is 0.306 e. The van der Waals surface area contributed by atoms with Crippen molar-refractivity contribution in [1.82, 2.24) is 0 Å². The highest BCUT2D eigenvalue weighted by Gasteiger charge is 2.05. The zero-order valence-corrected chi connectivity index (χ0v) is 16.7. The van der Waals surface area contributed by atoms with Crippen LogP contribution in [0.25, 0.3) is 0 Å². The summed E-state index contributed by atoms with van der Waals surface area (Å²) < 4.78 is 5.05. The van der Waals surface area contributed by atoms with Crippen LogP contribution in [0.2, 0.25) is 0 Å². The Kier molecular flexibility index (Phi) is 10.6. The largest absolute Gasteiger partial charge is 0.463 e. The lowest BCUT2D eigenvalue weighted by Crippen LogP contribution is -2.23. The number of aliphatic imine (C=N–C) groups is 1. The third kappa shape index (κ3) is 9.43. The zero-order chi connectivity index (χ0) is 16.5. The van der Waals surface area contributed by atoms with Gasteiger partial charge in [-0.1, -0.05) is 26.0 Å². The SMILES string of the molecule is CC(C)OC(=O)CCCN=C(N)Nc1cccc(C(C)C)c1.I. The van der Waals surface area contributed by atoms with Gasteiger partial charge >= 0.3 is 5.97 Å². The lowest BCUT2D eigenvalue weighted by atomic mass is 10.0. The number of nitrogens with one attached hydrogen (secondary N) is 1. The molecule has 0 saturated heterocycles. The minimum Gasteiger partial charge on any atom is -0.463 e. The van der Waals surface area contributed by atoms with E-state index in [2.05, 4.69) is 36.3 Å². The van der Waals surface area contributed by atoms with Gasteiger partial charge in [0.05, 0.1) is 6.10 Å². The summed E-state index contributed by atoms with van der Waals surface area (Å²) in [6.07, 6.45) is 0.911. The predicted octanol–water partition coefficient (Wildman–Crippen LogP) is 3.89. The minimum absolute atomic E-state index is 0. The molecule has 23 heavy (non-hydrogen) atoms. The van der Waals surface area contributed by atoms with Crippen LogP contribution in [0.5, 0.6) is 0 Å². The van der Waals surface area contributed by atoms with Crippen molar-refractivity contribution in [2.24, 2.45) is 10.7 Å². The third-order valence-corrected chi connectivity index (χ3v) is 3.01. The first-order chi connectivity index (χ1) is 10.4. The van der Waals surface area contributed by atoms with E-state index in [1.807, 2.05) is 26.0 Å². The molecule has 0 heterocycles. The highest BCUT2D eigenvalue weighted by Crippen LogP contribution is 2.18. The van der Waals surface area contributed by atoms with Crippen LogP contribution in [-0.4, -0.2) is 24.6 Å². The number of carbonyl (C=O) groups is 1. The Labute approximate surface area is 156 Å². The second-order valence-corrected chi connectivity index (χ2v) is 5.81. The molecule has 0 spiro atoms. The molecule has 1 aromatic carbocycles. The Balaban J connectivity index is 0.00000484. The molecule has 0 amide bonds. The molecule has 0 saturated carbocycles. The summed E-state index contributed by atoms with van der Waals surface area (Å²) in [7, 11) is 0. The summed E-state index contributed by atoms with van der Waals surface area (Å²) in [5.41, 5.74) is 8.02. The van der Waals surface area contributed by atoms with Gasteiger partial charge in [0.1, 0.15) is 0 Å². The van der Waals surface area contributed by atoms with Crippen LogP contribution in [0.1, 0.15) is 52.0 Å². The van der Waals surface area contributed by atoms with Gasteiger partial charge in [0.25, 0.3) is 0 Å². The van der Waals surface area contributed by atoms with Gasteiger partial charge in [0, 0.05) is 18.7 Å². The van der Waals surface area contributed by atoms with E-state index in [0.717, 1.165) is 5.69 Å². The fraction of sp³-hybridized carbons (Fsp3) is 0.529. The molecular formula is C17H28IN3O2. The number of hydrogen-bond donors (Lipinski definition) is 2. The number of benzene rings is 1. The topological polar surface area (TPSA) is 76.7 Å². The summed E-state index contributed by atoms with van der Waals surface area (Å²) >= 11 is 0. The standard InChI is InChI=1S/C17H27N3O2.HI/c1-12(2)14-7-5-8-15(11-14)20-17(18)19-10-6-9-16(21)22-13(3)4;/h5,7-8,11-13H,6,9-10H2,1-4H3,(H3,18,19,20);1H. The maximum atomic E-state index is 11.4. The van der Waals surface area contributed by atoms with Crippen LogP contribution in [0, 0.1) is 0 Å². The monoisotopic (exact) mass is 433 g/mol. The third-order valence-electron chi connectivity index (χ3n) is 3.01. The molecule has 0 fully saturated rings. The molecule has 1 aromatic rings. The van der Waals surface area contributed by atoms with Crippen molar-refractivity contribution in [3.05, 3.63) is 29.8 Å². The smallest absolute Gasteiger partial charge is 0.306 e. The van der Waals surface area contributed by atoms with Gasteiger partial charge in [0.2, 0.25) is 0 Å². The van der Waals surface area contributed by atoms with E-state index in [4.69, 9.17) is 10.5 Å². The van der Waals surface area contributed by atoms with Crippen molar-refractivity contribution in [1.29, 1.82) is 0 Å². The number of halogens is 1. The molecule has 0 aromatic heterocycles. The summed E-state index contributed by atoms with van der Waals surface area (Å²) in [6.45, 7) is 8.46. The van der Waals surface area contributed by atoms with Crippen molar-refractivity contribution in [3.63, 3.8) is 0 Å². The molecule has 130 valence electrons. The number of nitrogens with zero attached hydrogens (tertiary/aromatic N) is 1. The van der Waals surface area contributed by atoms with Gasteiger partial charge in [-0.2, -0.15) is 0 Å². The second kappa shape index (κ2) is 11.3. The Bertz CT molecular complexity index is 516. The molecule has 0 atom stereocenters. The number of hydrogen-bond acceptors (Lipinski definition) is 3. The highest BCUT2D eigenvalue weighted by molar-refractivity contribution is 14.0. The molecule has 0 unspecified atom stereocenters. The first-order valence-electron chi connectivity index (χ1n) is 7.75. The van der Waals surface area contributed by atoms with E-state index < -0.39 is 0 Å². The number of rotatable bonds is 7. The summed E-state index contributed by atoms with van der Waals surface area (Å²) in [6, 6.07) is 8.09. The number of guanidine groups is 1. The Morgan fingerprint density at radius 1 is 1.30 bits per heavy atom. The maximum absolute atomic E-state index is 11.4. The van der Waals surface area contributed by atoms with Gasteiger partial charge in [-0.3, -0.25) is 9.79 Å². The fourth-order valence-corrected chi connectivity index (χ4v) is 1.91. The van der Waals surface area contributed by atoms with Gasteiger partial charge in [-0.25, -0.2) is 0 Å². The lowest BCUT2D eigenvalue weighted by molar-refractivity contribution is -0.147. The normalized spacial score (nSPS) is 11.3. The fourth-order valence-electron chi connectivity index (χ4n) is 1.91. The number of carbonyl (C=O) groups excluding carboxylic acids is 1. The molecule has 5 nitrogen and oxygen atoms in total. The van der Waals surface area contributed by atoms with Gasteiger partial charge < -0.3 is 15.8 Å². The molecule has 1 rings (SSSR count). The van der Waals surface area contributed by atoms with Crippen LogP contribution < -0.4 is 11.1 Å². The van der Waals surface area contributed by atoms with Crippen LogP contribution >= 0.6 is 24.0 Å². The van der Waals surface area contributed by atoms with E-state index in [0.29, 0.717) is 31.3 Å². The van der Waals surface area contributed by atoms with Crippen molar-refractivity contribution in [2.45, 2.75) is 52.6 Å². The van der Waals surface area contributed by atoms with Gasteiger partial charge in [0.15, 0.2) is 5.96 Å². The van der Waals surface area contributed by atoms with Crippen molar-refractivity contribution in [3.8, 4) is 0 Å². The number of esters is 1. The molecule has 0 aliphatic carbocycles. The molecule has 0 aliphatic rings. The Morgan fingerprint density at radius 3 is 2.61 bits per heavy atom. The average Bonchev–Trinajstić information content (AvgIpc) is 2.43. The average molecular weight is 433 g/mol. The number of nitrogens with two attached hydrogens (primary N) is 1. The Hall–Kier alpha value is -1.31. The quantitative estimate of drug-likeness (QED) is 0.225. The molecular weight excluding hydrogens is 405 g/mol. The molecule has 0 aliphatic heterocycles. The van der Waals surface area contributed by atoms with Crippen LogP contribution in [0.15, 0.2) is 29.3 Å². The van der Waals surface area contributed by atoms with E-state index in [1.165, 1.54) is 5.56 Å². The molecule has 0 radical (unpaired) electrons. The van der Waals surface area contributed by atoms with E-state index in [9.17, 15) is 4.79 Å². The van der Waals surface area contributed by atoms with E-state index >= 15 is 0 Å². The first-order valence-corrected chi connectivity index (χ1v) is 7.75. The summed E-state index contributed by atoms with van der Waals surface area (Å²) in [4.78, 5) is 15.6. The molecule has 3 N–H and O–H groups in total. The van der Waals surface area contributed by atoms with Crippen molar-refractivity contribution in [2.75, 3.05) is 11.9 Å². The highest BCUT2D eigenvalue weighted by atomic mass is 127. The number of anilines is 1. The van der Waals surface area contributed by atoms with Crippen molar-refractivity contribution < 1.29 is 9.53 Å². The van der Waals surface area contributed by atoms with Crippen LogP contribution in [0.4, 0.5) is 5.69 Å². The van der Waals surface area contributed by atoms with Crippen molar-refractivity contribution >= 4 is 41.6 Å². The molecule has 0 bridgehead atoms. The minimum atomic E-state index is -0.193. The van der Waals surface area contributed by atoms with Crippen LogP contribution in [0.3, 0.4) is 0 Å². The van der Waals surface area contributed by atoms with E-state index in [-0.39, 0.29) is 36.0 Å². The predicted molar refractivity (Wildman–Crippen MR) is 107 cm³/mol. The van der Waals surface area contributed by atoms with Crippen LogP contribution in [-0.2, 0) is 9.53 Å². The lowest BCUT2D eigenvalue weighted by Gasteiger charge is -2.10. The summed E-state index contributed by atoms with van der Waals surface area (Å²) in [5.74, 6) is 0.631. The van der Waals surface area contributed by atoms with E-state index in [1.54, 1.807) is 0 Å².